The summed E-state index contributed by atoms with van der Waals surface area (Å²) in [5.74, 6) is 2.37. The number of ether oxygens (including phenoxy) is 1. The minimum atomic E-state index is -0.454. The zero-order valence-corrected chi connectivity index (χ0v) is 5.37. The molecule has 3 atom stereocenters. The van der Waals surface area contributed by atoms with Crippen molar-refractivity contribution in [2.75, 3.05) is 0 Å². The Morgan fingerprint density at radius 1 is 1.78 bits per heavy atom. The van der Waals surface area contributed by atoms with Crippen LogP contribution in [0.2, 0.25) is 0 Å². The van der Waals surface area contributed by atoms with Crippen LogP contribution < -0.4 is 0 Å². The normalized spacial score (nSPS) is 42.6. The molecule has 1 saturated heterocycles. The van der Waals surface area contributed by atoms with Crippen molar-refractivity contribution < 1.29 is 9.84 Å². The summed E-state index contributed by atoms with van der Waals surface area (Å²) >= 11 is 0. The zero-order valence-electron chi connectivity index (χ0n) is 5.37. The number of aliphatic hydroxyl groups excluding tert-OH is 1. The molecule has 0 aliphatic carbocycles. The van der Waals surface area contributed by atoms with Crippen molar-refractivity contribution in [1.82, 2.24) is 0 Å². The molecule has 0 saturated carbocycles. The van der Waals surface area contributed by atoms with Gasteiger partial charge in [-0.2, -0.15) is 0 Å². The highest BCUT2D eigenvalue weighted by molar-refractivity contribution is 5.02. The Morgan fingerprint density at radius 3 is 2.67 bits per heavy atom. The predicted molar refractivity (Wildman–Crippen MR) is 33.8 cm³/mol. The van der Waals surface area contributed by atoms with Gasteiger partial charge in [-0.3, -0.25) is 0 Å². The summed E-state index contributed by atoms with van der Waals surface area (Å²) in [5, 5.41) is 9.09. The van der Waals surface area contributed by atoms with Crippen LogP contribution in [-0.2, 0) is 4.74 Å². The molecule has 1 aliphatic rings. The van der Waals surface area contributed by atoms with E-state index in [4.69, 9.17) is 16.3 Å². The van der Waals surface area contributed by atoms with E-state index in [0.717, 1.165) is 0 Å². The van der Waals surface area contributed by atoms with Gasteiger partial charge >= 0.3 is 0 Å². The predicted octanol–water partition coefficient (Wildman–Crippen LogP) is 0.158. The fourth-order valence-electron chi connectivity index (χ4n) is 1.01. The number of rotatable bonds is 0. The number of hydrogen-bond donors (Lipinski definition) is 1. The van der Waals surface area contributed by atoms with E-state index in [9.17, 15) is 0 Å². The Labute approximate surface area is 54.8 Å². The lowest BCUT2D eigenvalue weighted by atomic mass is 10.1. The van der Waals surface area contributed by atoms with E-state index in [1.54, 1.807) is 0 Å². The molecule has 1 rings (SSSR count). The first-order valence-electron chi connectivity index (χ1n) is 3.03. The molecule has 1 heterocycles. The summed E-state index contributed by atoms with van der Waals surface area (Å²) in [6, 6.07) is 0. The van der Waals surface area contributed by atoms with Gasteiger partial charge in [0.1, 0.15) is 6.10 Å². The smallest absolute Gasteiger partial charge is 0.144 e. The lowest BCUT2D eigenvalue weighted by molar-refractivity contribution is 0.0529. The van der Waals surface area contributed by atoms with Gasteiger partial charge in [0.05, 0.1) is 12.2 Å². The first-order valence-corrected chi connectivity index (χ1v) is 3.03. The second-order valence-electron chi connectivity index (χ2n) is 2.34. The van der Waals surface area contributed by atoms with Crippen molar-refractivity contribution in [2.45, 2.75) is 31.7 Å². The fourth-order valence-corrected chi connectivity index (χ4v) is 1.01. The van der Waals surface area contributed by atoms with Crippen LogP contribution in [0.1, 0.15) is 13.3 Å². The maximum absolute atomic E-state index is 9.09. The van der Waals surface area contributed by atoms with Crippen LogP contribution in [0.15, 0.2) is 0 Å². The highest BCUT2D eigenvalue weighted by Gasteiger charge is 2.29. The Kier molecular flexibility index (Phi) is 1.75. The molecule has 0 spiro atoms. The van der Waals surface area contributed by atoms with E-state index in [-0.39, 0.29) is 12.2 Å². The second-order valence-corrected chi connectivity index (χ2v) is 2.34. The quantitative estimate of drug-likeness (QED) is 0.468. The molecule has 0 radical (unpaired) electrons. The third kappa shape index (κ3) is 1.24. The molecule has 1 N–H and O–H groups in total. The average Bonchev–Trinajstić information content (AvgIpc) is 2.10. The average molecular weight is 126 g/mol. The highest BCUT2D eigenvalue weighted by Crippen LogP contribution is 2.18. The van der Waals surface area contributed by atoms with Crippen molar-refractivity contribution in [1.29, 1.82) is 0 Å². The van der Waals surface area contributed by atoms with Crippen molar-refractivity contribution >= 4 is 0 Å². The van der Waals surface area contributed by atoms with E-state index in [2.05, 4.69) is 5.92 Å². The Hall–Kier alpha value is -0.520. The van der Waals surface area contributed by atoms with Crippen LogP contribution in [-0.4, -0.2) is 23.4 Å². The maximum atomic E-state index is 9.09. The molecule has 0 aromatic heterocycles. The van der Waals surface area contributed by atoms with Crippen LogP contribution in [0, 0.1) is 12.3 Å². The lowest BCUT2D eigenvalue weighted by Gasteiger charge is -2.03. The molecule has 0 aromatic rings. The van der Waals surface area contributed by atoms with Crippen LogP contribution in [0.25, 0.3) is 0 Å². The van der Waals surface area contributed by atoms with Crippen LogP contribution in [0.5, 0.6) is 0 Å². The summed E-state index contributed by atoms with van der Waals surface area (Å²) in [7, 11) is 0. The van der Waals surface area contributed by atoms with Gasteiger partial charge in [-0.15, -0.1) is 6.42 Å². The van der Waals surface area contributed by atoms with E-state index in [0.29, 0.717) is 6.42 Å². The van der Waals surface area contributed by atoms with Gasteiger partial charge in [-0.25, -0.2) is 0 Å². The first kappa shape index (κ1) is 6.60. The lowest BCUT2D eigenvalue weighted by Crippen LogP contribution is -2.17. The number of aliphatic hydroxyl groups is 1. The minimum Gasteiger partial charge on any atom is -0.389 e. The molecule has 50 valence electrons. The number of hydrogen-bond acceptors (Lipinski definition) is 2. The number of terminal acetylenes is 1. The Bertz CT molecular complexity index is 136. The summed E-state index contributed by atoms with van der Waals surface area (Å²) in [6.45, 7) is 1.90. The molecular weight excluding hydrogens is 116 g/mol. The van der Waals surface area contributed by atoms with Crippen molar-refractivity contribution in [3.8, 4) is 12.3 Å². The summed E-state index contributed by atoms with van der Waals surface area (Å²) < 4.78 is 5.14. The van der Waals surface area contributed by atoms with Crippen molar-refractivity contribution in [2.24, 2.45) is 0 Å². The SMILES string of the molecule is C#CC1OC(C)CC1O. The molecule has 9 heavy (non-hydrogen) atoms. The molecule has 0 amide bonds. The first-order chi connectivity index (χ1) is 4.24. The van der Waals surface area contributed by atoms with Gasteiger partial charge in [-0.05, 0) is 6.92 Å². The molecule has 1 fully saturated rings. The summed E-state index contributed by atoms with van der Waals surface area (Å²) in [4.78, 5) is 0. The van der Waals surface area contributed by atoms with Crippen molar-refractivity contribution in [3.63, 3.8) is 0 Å². The standard InChI is InChI=1S/C7H10O2/c1-3-7-6(8)4-5(2)9-7/h1,5-8H,4H2,2H3. The van der Waals surface area contributed by atoms with E-state index in [1.165, 1.54) is 0 Å². The largest absolute Gasteiger partial charge is 0.389 e. The van der Waals surface area contributed by atoms with E-state index in [1.807, 2.05) is 6.92 Å². The second kappa shape index (κ2) is 2.38. The van der Waals surface area contributed by atoms with Gasteiger partial charge < -0.3 is 9.84 Å². The van der Waals surface area contributed by atoms with Crippen LogP contribution in [0.3, 0.4) is 0 Å². The third-order valence-electron chi connectivity index (χ3n) is 1.47. The molecule has 2 heteroatoms. The van der Waals surface area contributed by atoms with Gasteiger partial charge in [0.25, 0.3) is 0 Å². The fraction of sp³-hybridized carbons (Fsp3) is 0.714. The van der Waals surface area contributed by atoms with Crippen LogP contribution in [0.4, 0.5) is 0 Å². The zero-order chi connectivity index (χ0) is 6.85. The monoisotopic (exact) mass is 126 g/mol. The summed E-state index contributed by atoms with van der Waals surface area (Å²) in [6.07, 6.45) is 5.00. The Balaban J connectivity index is 2.50. The molecular formula is C7H10O2. The highest BCUT2D eigenvalue weighted by atomic mass is 16.5. The third-order valence-corrected chi connectivity index (χ3v) is 1.47. The summed E-state index contributed by atoms with van der Waals surface area (Å²) in [5.41, 5.74) is 0. The maximum Gasteiger partial charge on any atom is 0.144 e. The molecule has 0 bridgehead atoms. The van der Waals surface area contributed by atoms with Crippen LogP contribution >= 0.6 is 0 Å². The van der Waals surface area contributed by atoms with Crippen molar-refractivity contribution in [3.05, 3.63) is 0 Å². The molecule has 0 aromatic carbocycles. The Morgan fingerprint density at radius 2 is 2.44 bits per heavy atom. The van der Waals surface area contributed by atoms with Gasteiger partial charge in [0.2, 0.25) is 0 Å². The minimum absolute atomic E-state index is 0.112. The van der Waals surface area contributed by atoms with Gasteiger partial charge in [-0.1, -0.05) is 5.92 Å². The molecule has 1 aliphatic heterocycles. The van der Waals surface area contributed by atoms with Gasteiger partial charge in [0, 0.05) is 6.42 Å². The van der Waals surface area contributed by atoms with E-state index >= 15 is 0 Å². The van der Waals surface area contributed by atoms with E-state index < -0.39 is 6.10 Å². The molecule has 3 unspecified atom stereocenters. The topological polar surface area (TPSA) is 29.5 Å². The molecule has 2 nitrogen and oxygen atoms in total. The van der Waals surface area contributed by atoms with Gasteiger partial charge in [0.15, 0.2) is 0 Å².